The maximum atomic E-state index is 11.6. The van der Waals surface area contributed by atoms with Crippen LogP contribution in [0, 0.1) is 11.3 Å². The van der Waals surface area contributed by atoms with Gasteiger partial charge in [-0.25, -0.2) is 0 Å². The number of esters is 2. The minimum Gasteiger partial charge on any atom is -0.465 e. The van der Waals surface area contributed by atoms with E-state index in [0.29, 0.717) is 25.4 Å². The quantitative estimate of drug-likeness (QED) is 0.502. The summed E-state index contributed by atoms with van der Waals surface area (Å²) in [5.74, 6) is -0.376. The Hall–Kier alpha value is -1.14. The summed E-state index contributed by atoms with van der Waals surface area (Å²) in [6, 6.07) is 0. The molecule has 136 valence electrons. The fourth-order valence-electron chi connectivity index (χ4n) is 2.03. The first-order valence-corrected chi connectivity index (χ1v) is 8.46. The van der Waals surface area contributed by atoms with E-state index >= 15 is 0 Å². The Balaban J connectivity index is 3.87. The third-order valence-corrected chi connectivity index (χ3v) is 4.03. The Kier molecular flexibility index (Phi) is 11.7. The summed E-state index contributed by atoms with van der Waals surface area (Å²) in [5, 5.41) is 18.5. The SMILES string of the molecule is CCCC(C)COC(=O)CCCC(=O)OCC(CC)(CO)CO. The molecule has 0 saturated carbocycles. The van der Waals surface area contributed by atoms with Gasteiger partial charge in [0.15, 0.2) is 0 Å². The van der Waals surface area contributed by atoms with Crippen molar-refractivity contribution in [2.24, 2.45) is 11.3 Å². The van der Waals surface area contributed by atoms with Gasteiger partial charge in [-0.3, -0.25) is 9.59 Å². The van der Waals surface area contributed by atoms with Gasteiger partial charge in [0.05, 0.1) is 25.2 Å². The van der Waals surface area contributed by atoms with Crippen molar-refractivity contribution in [1.82, 2.24) is 0 Å². The predicted octanol–water partition coefficient (Wildman–Crippen LogP) is 2.06. The lowest BCUT2D eigenvalue weighted by molar-refractivity contribution is -0.150. The van der Waals surface area contributed by atoms with Crippen LogP contribution < -0.4 is 0 Å². The number of hydrogen-bond acceptors (Lipinski definition) is 6. The molecule has 23 heavy (non-hydrogen) atoms. The lowest BCUT2D eigenvalue weighted by Gasteiger charge is -2.27. The molecular weight excluding hydrogens is 300 g/mol. The Bertz CT molecular complexity index is 330. The zero-order valence-electron chi connectivity index (χ0n) is 14.7. The summed E-state index contributed by atoms with van der Waals surface area (Å²) in [5.41, 5.74) is -0.788. The number of rotatable bonds is 13. The monoisotopic (exact) mass is 332 g/mol. The van der Waals surface area contributed by atoms with Gasteiger partial charge in [0.2, 0.25) is 0 Å². The molecule has 0 aliphatic carbocycles. The Morgan fingerprint density at radius 3 is 2.09 bits per heavy atom. The molecular formula is C17H32O6. The summed E-state index contributed by atoms with van der Waals surface area (Å²) in [7, 11) is 0. The van der Waals surface area contributed by atoms with Crippen LogP contribution in [0.3, 0.4) is 0 Å². The van der Waals surface area contributed by atoms with Crippen molar-refractivity contribution in [3.8, 4) is 0 Å². The predicted molar refractivity (Wildman–Crippen MR) is 86.7 cm³/mol. The smallest absolute Gasteiger partial charge is 0.305 e. The first kappa shape index (κ1) is 21.9. The van der Waals surface area contributed by atoms with Crippen molar-refractivity contribution in [1.29, 1.82) is 0 Å². The molecule has 0 aliphatic rings. The second kappa shape index (κ2) is 12.3. The third-order valence-electron chi connectivity index (χ3n) is 4.03. The molecule has 0 aromatic heterocycles. The van der Waals surface area contributed by atoms with E-state index in [1.54, 1.807) is 0 Å². The molecule has 6 nitrogen and oxygen atoms in total. The molecule has 0 amide bonds. The second-order valence-electron chi connectivity index (χ2n) is 6.26. The number of hydrogen-bond donors (Lipinski definition) is 2. The van der Waals surface area contributed by atoms with E-state index in [1.807, 2.05) is 13.8 Å². The molecule has 0 spiro atoms. The van der Waals surface area contributed by atoms with Crippen LogP contribution in [-0.4, -0.2) is 48.6 Å². The van der Waals surface area contributed by atoms with Crippen LogP contribution >= 0.6 is 0 Å². The summed E-state index contributed by atoms with van der Waals surface area (Å²) in [6.45, 7) is 5.86. The molecule has 0 radical (unpaired) electrons. The van der Waals surface area contributed by atoms with Gasteiger partial charge in [0.25, 0.3) is 0 Å². The molecule has 0 rings (SSSR count). The van der Waals surface area contributed by atoms with Crippen LogP contribution in [0.15, 0.2) is 0 Å². The van der Waals surface area contributed by atoms with E-state index in [-0.39, 0.29) is 38.6 Å². The zero-order chi connectivity index (χ0) is 17.7. The van der Waals surface area contributed by atoms with Crippen LogP contribution in [0.2, 0.25) is 0 Å². The van der Waals surface area contributed by atoms with Gasteiger partial charge in [-0.2, -0.15) is 0 Å². The maximum Gasteiger partial charge on any atom is 0.305 e. The molecule has 0 fully saturated rings. The largest absolute Gasteiger partial charge is 0.465 e. The van der Waals surface area contributed by atoms with E-state index in [4.69, 9.17) is 9.47 Å². The molecule has 0 heterocycles. The average Bonchev–Trinajstić information content (AvgIpc) is 2.55. The van der Waals surface area contributed by atoms with Gasteiger partial charge >= 0.3 is 11.9 Å². The molecule has 1 unspecified atom stereocenters. The topological polar surface area (TPSA) is 93.1 Å². The highest BCUT2D eigenvalue weighted by molar-refractivity contribution is 5.72. The number of aliphatic hydroxyl groups is 2. The molecule has 1 atom stereocenters. The minimum atomic E-state index is -0.788. The molecule has 0 aromatic carbocycles. The minimum absolute atomic E-state index is 0.0195. The normalized spacial score (nSPS) is 12.7. The van der Waals surface area contributed by atoms with Crippen molar-refractivity contribution in [3.63, 3.8) is 0 Å². The van der Waals surface area contributed by atoms with Crippen LogP contribution in [0.4, 0.5) is 0 Å². The van der Waals surface area contributed by atoms with Gasteiger partial charge in [0.1, 0.15) is 6.61 Å². The average molecular weight is 332 g/mol. The Morgan fingerprint density at radius 1 is 1.04 bits per heavy atom. The third kappa shape index (κ3) is 9.56. The fraction of sp³-hybridized carbons (Fsp3) is 0.882. The number of ether oxygens (including phenoxy) is 2. The summed E-state index contributed by atoms with van der Waals surface area (Å²) >= 11 is 0. The summed E-state index contributed by atoms with van der Waals surface area (Å²) < 4.78 is 10.2. The van der Waals surface area contributed by atoms with Crippen LogP contribution in [-0.2, 0) is 19.1 Å². The van der Waals surface area contributed by atoms with Crippen molar-refractivity contribution in [2.45, 2.75) is 59.3 Å². The maximum absolute atomic E-state index is 11.6. The Morgan fingerprint density at radius 2 is 1.61 bits per heavy atom. The van der Waals surface area contributed by atoms with E-state index in [0.717, 1.165) is 12.8 Å². The highest BCUT2D eigenvalue weighted by atomic mass is 16.5. The zero-order valence-corrected chi connectivity index (χ0v) is 14.7. The number of carbonyl (C=O) groups is 2. The van der Waals surface area contributed by atoms with Crippen molar-refractivity contribution >= 4 is 11.9 Å². The highest BCUT2D eigenvalue weighted by Crippen LogP contribution is 2.21. The lowest BCUT2D eigenvalue weighted by Crippen LogP contribution is -2.35. The molecule has 0 aromatic rings. The van der Waals surface area contributed by atoms with Crippen molar-refractivity contribution in [3.05, 3.63) is 0 Å². The van der Waals surface area contributed by atoms with Crippen LogP contribution in [0.5, 0.6) is 0 Å². The summed E-state index contributed by atoms with van der Waals surface area (Å²) in [4.78, 5) is 23.2. The summed E-state index contributed by atoms with van der Waals surface area (Å²) in [6.07, 6.45) is 3.27. The van der Waals surface area contributed by atoms with Crippen LogP contribution in [0.25, 0.3) is 0 Å². The van der Waals surface area contributed by atoms with E-state index in [2.05, 4.69) is 6.92 Å². The van der Waals surface area contributed by atoms with Crippen molar-refractivity contribution in [2.75, 3.05) is 26.4 Å². The molecule has 0 aliphatic heterocycles. The fourth-order valence-corrected chi connectivity index (χ4v) is 2.03. The second-order valence-corrected chi connectivity index (χ2v) is 6.26. The number of carbonyl (C=O) groups excluding carboxylic acids is 2. The van der Waals surface area contributed by atoms with E-state index in [1.165, 1.54) is 0 Å². The van der Waals surface area contributed by atoms with Crippen LogP contribution in [0.1, 0.15) is 59.3 Å². The number of aliphatic hydroxyl groups excluding tert-OH is 2. The van der Waals surface area contributed by atoms with Gasteiger partial charge in [-0.1, -0.05) is 27.2 Å². The molecule has 2 N–H and O–H groups in total. The van der Waals surface area contributed by atoms with E-state index in [9.17, 15) is 19.8 Å². The van der Waals surface area contributed by atoms with Crippen molar-refractivity contribution < 1.29 is 29.3 Å². The van der Waals surface area contributed by atoms with Gasteiger partial charge in [-0.15, -0.1) is 0 Å². The van der Waals surface area contributed by atoms with E-state index < -0.39 is 11.4 Å². The van der Waals surface area contributed by atoms with Gasteiger partial charge in [0, 0.05) is 12.8 Å². The first-order valence-electron chi connectivity index (χ1n) is 8.46. The molecule has 6 heteroatoms. The first-order chi connectivity index (χ1) is 10.9. The van der Waals surface area contributed by atoms with Gasteiger partial charge in [-0.05, 0) is 25.2 Å². The Labute approximate surface area is 139 Å². The standard InChI is InChI=1S/C17H32O6/c1-4-7-14(3)10-22-15(20)8-6-9-16(21)23-13-17(5-2,11-18)12-19/h14,18-19H,4-13H2,1-3H3. The highest BCUT2D eigenvalue weighted by Gasteiger charge is 2.28. The van der Waals surface area contributed by atoms with Gasteiger partial charge < -0.3 is 19.7 Å². The molecule has 0 saturated heterocycles. The lowest BCUT2D eigenvalue weighted by atomic mass is 9.88. The molecule has 0 bridgehead atoms.